The van der Waals surface area contributed by atoms with Crippen molar-refractivity contribution in [2.75, 3.05) is 30.8 Å². The lowest BCUT2D eigenvalue weighted by Gasteiger charge is -2.34. The zero-order valence-corrected chi connectivity index (χ0v) is 11.1. The molecule has 4 nitrogen and oxygen atoms in total. The van der Waals surface area contributed by atoms with Crippen LogP contribution >= 0.6 is 0 Å². The predicted octanol–water partition coefficient (Wildman–Crippen LogP) is 1.54. The van der Waals surface area contributed by atoms with Crippen molar-refractivity contribution >= 4 is 17.3 Å². The van der Waals surface area contributed by atoms with Crippen molar-refractivity contribution in [2.45, 2.75) is 19.8 Å². The fourth-order valence-corrected chi connectivity index (χ4v) is 2.57. The maximum atomic E-state index is 11.6. The number of hydrogen-bond donors (Lipinski definition) is 2. The first-order valence-corrected chi connectivity index (χ1v) is 6.45. The Hall–Kier alpha value is -1.71. The second kappa shape index (κ2) is 5.29. The average Bonchev–Trinajstić information content (AvgIpc) is 2.41. The standard InChI is InChI=1S/C14H21N3O/c1-10-12(15)4-3-5-13(10)17-8-6-11(7-9-17)14(18)16-2/h3-5,11H,6-9,15H2,1-2H3,(H,16,18). The molecule has 1 aromatic rings. The molecule has 0 aromatic heterocycles. The number of hydrogen-bond acceptors (Lipinski definition) is 3. The van der Waals surface area contributed by atoms with Crippen LogP contribution in [0.15, 0.2) is 18.2 Å². The van der Waals surface area contributed by atoms with Gasteiger partial charge in [0.15, 0.2) is 0 Å². The van der Waals surface area contributed by atoms with E-state index in [0.29, 0.717) is 0 Å². The van der Waals surface area contributed by atoms with Crippen LogP contribution in [0.1, 0.15) is 18.4 Å². The first kappa shape index (κ1) is 12.7. The van der Waals surface area contributed by atoms with Crippen molar-refractivity contribution in [3.63, 3.8) is 0 Å². The minimum Gasteiger partial charge on any atom is -0.398 e. The number of anilines is 2. The smallest absolute Gasteiger partial charge is 0.222 e. The van der Waals surface area contributed by atoms with Crippen molar-refractivity contribution < 1.29 is 4.79 Å². The van der Waals surface area contributed by atoms with Crippen LogP contribution in [0.3, 0.4) is 0 Å². The molecule has 3 N–H and O–H groups in total. The molecule has 0 unspecified atom stereocenters. The van der Waals surface area contributed by atoms with Crippen molar-refractivity contribution in [3.8, 4) is 0 Å². The predicted molar refractivity (Wildman–Crippen MR) is 74.6 cm³/mol. The monoisotopic (exact) mass is 247 g/mol. The first-order chi connectivity index (χ1) is 8.63. The molecule has 1 heterocycles. The van der Waals surface area contributed by atoms with Gasteiger partial charge in [0, 0.05) is 37.4 Å². The summed E-state index contributed by atoms with van der Waals surface area (Å²) in [6.45, 7) is 3.89. The van der Waals surface area contributed by atoms with Gasteiger partial charge in [0.1, 0.15) is 0 Å². The number of benzene rings is 1. The number of carbonyl (C=O) groups is 1. The number of nitrogens with zero attached hydrogens (tertiary/aromatic N) is 1. The second-order valence-electron chi connectivity index (χ2n) is 4.87. The lowest BCUT2D eigenvalue weighted by Crippen LogP contribution is -2.39. The normalized spacial score (nSPS) is 16.7. The summed E-state index contributed by atoms with van der Waals surface area (Å²) in [5.74, 6) is 0.326. The summed E-state index contributed by atoms with van der Waals surface area (Å²) in [7, 11) is 1.71. The highest BCUT2D eigenvalue weighted by molar-refractivity contribution is 5.78. The van der Waals surface area contributed by atoms with Gasteiger partial charge in [0.05, 0.1) is 0 Å². The highest BCUT2D eigenvalue weighted by atomic mass is 16.1. The summed E-state index contributed by atoms with van der Waals surface area (Å²) in [5, 5.41) is 2.73. The van der Waals surface area contributed by atoms with Crippen LogP contribution in [0.4, 0.5) is 11.4 Å². The average molecular weight is 247 g/mol. The molecule has 18 heavy (non-hydrogen) atoms. The first-order valence-electron chi connectivity index (χ1n) is 6.45. The molecule has 0 radical (unpaired) electrons. The summed E-state index contributed by atoms with van der Waals surface area (Å²) in [4.78, 5) is 13.9. The molecule has 4 heteroatoms. The number of amides is 1. The van der Waals surface area contributed by atoms with Gasteiger partial charge in [0.2, 0.25) is 5.91 Å². The van der Waals surface area contributed by atoms with E-state index >= 15 is 0 Å². The van der Waals surface area contributed by atoms with E-state index < -0.39 is 0 Å². The van der Waals surface area contributed by atoms with E-state index in [2.05, 4.69) is 23.2 Å². The molecule has 1 amide bonds. The molecule has 1 aromatic carbocycles. The summed E-state index contributed by atoms with van der Waals surface area (Å²) >= 11 is 0. The van der Waals surface area contributed by atoms with Gasteiger partial charge in [-0.25, -0.2) is 0 Å². The molecule has 98 valence electrons. The van der Waals surface area contributed by atoms with Crippen molar-refractivity contribution in [3.05, 3.63) is 23.8 Å². The maximum absolute atomic E-state index is 11.6. The molecule has 1 saturated heterocycles. The zero-order chi connectivity index (χ0) is 13.1. The second-order valence-corrected chi connectivity index (χ2v) is 4.87. The largest absolute Gasteiger partial charge is 0.398 e. The van der Waals surface area contributed by atoms with Gasteiger partial charge >= 0.3 is 0 Å². The van der Waals surface area contributed by atoms with Gasteiger partial charge < -0.3 is 16.0 Å². The highest BCUT2D eigenvalue weighted by Crippen LogP contribution is 2.28. The van der Waals surface area contributed by atoms with Crippen molar-refractivity contribution in [1.82, 2.24) is 5.32 Å². The van der Waals surface area contributed by atoms with E-state index in [0.717, 1.165) is 37.2 Å². The van der Waals surface area contributed by atoms with E-state index in [4.69, 9.17) is 5.73 Å². The third kappa shape index (κ3) is 2.42. The Labute approximate surface area is 108 Å². The Morgan fingerprint density at radius 2 is 2.06 bits per heavy atom. The van der Waals surface area contributed by atoms with Crippen LogP contribution in [-0.4, -0.2) is 26.0 Å². The third-order valence-electron chi connectivity index (χ3n) is 3.80. The van der Waals surface area contributed by atoms with Gasteiger partial charge in [-0.1, -0.05) is 6.07 Å². The Bertz CT molecular complexity index is 437. The number of nitrogen functional groups attached to an aromatic ring is 1. The Kier molecular flexibility index (Phi) is 3.75. The van der Waals surface area contributed by atoms with E-state index in [-0.39, 0.29) is 11.8 Å². The molecule has 1 fully saturated rings. The molecular formula is C14H21N3O. The number of carbonyl (C=O) groups excluding carboxylic acids is 1. The highest BCUT2D eigenvalue weighted by Gasteiger charge is 2.24. The van der Waals surface area contributed by atoms with Crippen LogP contribution in [0.5, 0.6) is 0 Å². The number of piperidine rings is 1. The molecule has 0 bridgehead atoms. The molecule has 0 saturated carbocycles. The maximum Gasteiger partial charge on any atom is 0.222 e. The topological polar surface area (TPSA) is 58.4 Å². The van der Waals surface area contributed by atoms with E-state index in [9.17, 15) is 4.79 Å². The number of rotatable bonds is 2. The van der Waals surface area contributed by atoms with Crippen LogP contribution in [0.25, 0.3) is 0 Å². The minimum absolute atomic E-state index is 0.160. The third-order valence-corrected chi connectivity index (χ3v) is 3.80. The number of nitrogens with one attached hydrogen (secondary N) is 1. The summed E-state index contributed by atoms with van der Waals surface area (Å²) in [6.07, 6.45) is 1.82. The molecule has 0 atom stereocenters. The fourth-order valence-electron chi connectivity index (χ4n) is 2.57. The van der Waals surface area contributed by atoms with Gasteiger partial charge in [-0.05, 0) is 37.5 Å². The van der Waals surface area contributed by atoms with Crippen molar-refractivity contribution in [2.24, 2.45) is 5.92 Å². The van der Waals surface area contributed by atoms with E-state index in [1.165, 1.54) is 5.69 Å². The Morgan fingerprint density at radius 1 is 1.39 bits per heavy atom. The van der Waals surface area contributed by atoms with Crippen LogP contribution < -0.4 is 16.0 Å². The van der Waals surface area contributed by atoms with Gasteiger partial charge in [-0.15, -0.1) is 0 Å². The summed E-state index contributed by atoms with van der Waals surface area (Å²) in [6, 6.07) is 6.02. The molecule has 0 spiro atoms. The van der Waals surface area contributed by atoms with Gasteiger partial charge in [-0.3, -0.25) is 4.79 Å². The van der Waals surface area contributed by atoms with Crippen molar-refractivity contribution in [1.29, 1.82) is 0 Å². The van der Waals surface area contributed by atoms with Crippen LogP contribution in [0, 0.1) is 12.8 Å². The van der Waals surface area contributed by atoms with Gasteiger partial charge in [0.25, 0.3) is 0 Å². The zero-order valence-electron chi connectivity index (χ0n) is 11.1. The van der Waals surface area contributed by atoms with Crippen LogP contribution in [0.2, 0.25) is 0 Å². The molecule has 1 aliphatic rings. The van der Waals surface area contributed by atoms with Crippen LogP contribution in [-0.2, 0) is 4.79 Å². The summed E-state index contributed by atoms with van der Waals surface area (Å²) < 4.78 is 0. The Balaban J connectivity index is 2.06. The van der Waals surface area contributed by atoms with E-state index in [1.807, 2.05) is 12.1 Å². The quantitative estimate of drug-likeness (QED) is 0.779. The lowest BCUT2D eigenvalue weighted by molar-refractivity contribution is -0.125. The number of nitrogens with two attached hydrogens (primary N) is 1. The fraction of sp³-hybridized carbons (Fsp3) is 0.500. The molecule has 0 aliphatic carbocycles. The molecular weight excluding hydrogens is 226 g/mol. The lowest BCUT2D eigenvalue weighted by atomic mass is 9.95. The van der Waals surface area contributed by atoms with Gasteiger partial charge in [-0.2, -0.15) is 0 Å². The summed E-state index contributed by atoms with van der Waals surface area (Å²) in [5.41, 5.74) is 9.10. The molecule has 1 aliphatic heterocycles. The SMILES string of the molecule is CNC(=O)C1CCN(c2cccc(N)c2C)CC1. The minimum atomic E-state index is 0.160. The molecule has 2 rings (SSSR count). The Morgan fingerprint density at radius 3 is 2.67 bits per heavy atom. The van der Waals surface area contributed by atoms with E-state index in [1.54, 1.807) is 7.05 Å².